The second kappa shape index (κ2) is 8.48. The smallest absolute Gasteiger partial charge is 0.398 e. The number of carbonyl (C=O) groups is 2. The molecule has 0 spiro atoms. The molecule has 2 aromatic carbocycles. The van der Waals surface area contributed by atoms with Gasteiger partial charge >= 0.3 is 18.1 Å². The quantitative estimate of drug-likeness (QED) is 0.356. The minimum absolute atomic E-state index is 0.184. The average molecular weight is 366 g/mol. The van der Waals surface area contributed by atoms with Crippen LogP contribution in [0.4, 0.5) is 18.9 Å². The van der Waals surface area contributed by atoms with Gasteiger partial charge < -0.3 is 15.8 Å². The average Bonchev–Trinajstić information content (AvgIpc) is 2.60. The van der Waals surface area contributed by atoms with Crippen LogP contribution in [0, 0.1) is 0 Å². The number of rotatable bonds is 6. The summed E-state index contributed by atoms with van der Waals surface area (Å²) in [4.78, 5) is 22.4. The van der Waals surface area contributed by atoms with Gasteiger partial charge in [-0.1, -0.05) is 30.3 Å². The van der Waals surface area contributed by atoms with Crippen molar-refractivity contribution in [2.75, 3.05) is 12.3 Å². The lowest BCUT2D eigenvalue weighted by atomic mass is 10.1. The Balaban J connectivity index is 1.94. The molecule has 0 unspecified atom stereocenters. The molecule has 0 aliphatic heterocycles. The van der Waals surface area contributed by atoms with Gasteiger partial charge in [-0.05, 0) is 42.3 Å². The molecule has 138 valence electrons. The largest absolute Gasteiger partial charge is 0.491 e. The Morgan fingerprint density at radius 2 is 1.77 bits per heavy atom. The predicted molar refractivity (Wildman–Crippen MR) is 89.2 cm³/mol. The van der Waals surface area contributed by atoms with Gasteiger partial charge in [0, 0.05) is 12.2 Å². The molecule has 0 aliphatic carbocycles. The van der Waals surface area contributed by atoms with Gasteiger partial charge in [-0.3, -0.25) is 0 Å². The van der Waals surface area contributed by atoms with E-state index in [0.717, 1.165) is 12.0 Å². The lowest BCUT2D eigenvalue weighted by Crippen LogP contribution is -2.28. The maximum Gasteiger partial charge on any atom is 0.491 e. The Hall–Kier alpha value is -2.87. The normalized spacial score (nSPS) is 11.2. The van der Waals surface area contributed by atoms with Crippen molar-refractivity contribution in [2.45, 2.75) is 19.1 Å². The number of halogens is 3. The molecule has 0 bridgehead atoms. The van der Waals surface area contributed by atoms with Crippen molar-refractivity contribution in [3.8, 4) is 0 Å². The number of nitrogens with two attached hydrogens (primary N) is 1. The fourth-order valence-electron chi connectivity index (χ4n) is 2.19. The third-order valence-corrected chi connectivity index (χ3v) is 3.54. The van der Waals surface area contributed by atoms with Crippen LogP contribution in [-0.4, -0.2) is 24.7 Å². The van der Waals surface area contributed by atoms with E-state index in [0.29, 0.717) is 24.3 Å². The van der Waals surface area contributed by atoms with E-state index in [4.69, 9.17) is 5.73 Å². The number of esters is 2. The van der Waals surface area contributed by atoms with E-state index < -0.39 is 18.1 Å². The van der Waals surface area contributed by atoms with Crippen LogP contribution in [0.25, 0.3) is 0 Å². The summed E-state index contributed by atoms with van der Waals surface area (Å²) in [6.45, 7) is 0.956. The number of nitrogen functional groups attached to an aromatic ring is 1. The van der Waals surface area contributed by atoms with Gasteiger partial charge in [0.1, 0.15) is 0 Å². The lowest BCUT2D eigenvalue weighted by molar-refractivity contribution is -0.193. The summed E-state index contributed by atoms with van der Waals surface area (Å²) in [6, 6.07) is 13.7. The highest BCUT2D eigenvalue weighted by Crippen LogP contribution is 2.19. The molecule has 0 aromatic heterocycles. The number of ether oxygens (including phenoxy) is 1. The number of benzene rings is 2. The summed E-state index contributed by atoms with van der Waals surface area (Å²) < 4.78 is 40.3. The monoisotopic (exact) mass is 366 g/mol. The summed E-state index contributed by atoms with van der Waals surface area (Å²) in [5, 5.41) is 3.14. The molecule has 3 N–H and O–H groups in total. The first kappa shape index (κ1) is 19.5. The van der Waals surface area contributed by atoms with Crippen molar-refractivity contribution in [2.24, 2.45) is 0 Å². The fourth-order valence-corrected chi connectivity index (χ4v) is 2.19. The second-order valence-electron chi connectivity index (χ2n) is 5.50. The number of hydrogen-bond donors (Lipinski definition) is 2. The first-order valence-corrected chi connectivity index (χ1v) is 7.74. The molecule has 8 heteroatoms. The van der Waals surface area contributed by atoms with Gasteiger partial charge in [-0.15, -0.1) is 0 Å². The first-order valence-electron chi connectivity index (χ1n) is 7.74. The van der Waals surface area contributed by atoms with Crippen LogP contribution in [0.3, 0.4) is 0 Å². The standard InChI is InChI=1S/C18H17F3N2O3/c19-18(20,21)17(25)26-16(24)13-6-7-15(22)14(10-13)11-23-9-8-12-4-2-1-3-5-12/h1-7,10,23H,8-9,11,22H2. The van der Waals surface area contributed by atoms with Crippen molar-refractivity contribution in [1.29, 1.82) is 0 Å². The zero-order valence-electron chi connectivity index (χ0n) is 13.7. The van der Waals surface area contributed by atoms with Crippen molar-refractivity contribution < 1.29 is 27.5 Å². The van der Waals surface area contributed by atoms with Crippen LogP contribution in [0.15, 0.2) is 48.5 Å². The van der Waals surface area contributed by atoms with Crippen LogP contribution >= 0.6 is 0 Å². The Morgan fingerprint density at radius 1 is 1.08 bits per heavy atom. The van der Waals surface area contributed by atoms with Gasteiger partial charge in [0.25, 0.3) is 0 Å². The summed E-state index contributed by atoms with van der Waals surface area (Å²) in [7, 11) is 0. The number of carbonyl (C=O) groups excluding carboxylic acids is 2. The number of alkyl halides is 3. The molecule has 0 atom stereocenters. The second-order valence-corrected chi connectivity index (χ2v) is 5.50. The van der Waals surface area contributed by atoms with E-state index in [9.17, 15) is 22.8 Å². The van der Waals surface area contributed by atoms with E-state index in [1.165, 1.54) is 18.2 Å². The Kier molecular flexibility index (Phi) is 6.35. The molecule has 0 heterocycles. The van der Waals surface area contributed by atoms with Crippen LogP contribution in [-0.2, 0) is 22.5 Å². The van der Waals surface area contributed by atoms with Crippen molar-refractivity contribution in [3.05, 3.63) is 65.2 Å². The summed E-state index contributed by atoms with van der Waals surface area (Å²) in [6.07, 6.45) is -4.45. The molecule has 5 nitrogen and oxygen atoms in total. The summed E-state index contributed by atoms with van der Waals surface area (Å²) >= 11 is 0. The maximum atomic E-state index is 12.2. The van der Waals surface area contributed by atoms with Crippen molar-refractivity contribution >= 4 is 17.6 Å². The van der Waals surface area contributed by atoms with E-state index in [2.05, 4.69) is 10.1 Å². The molecule has 0 saturated heterocycles. The highest BCUT2D eigenvalue weighted by molar-refractivity contribution is 5.98. The van der Waals surface area contributed by atoms with Gasteiger partial charge in [0.2, 0.25) is 0 Å². The van der Waals surface area contributed by atoms with E-state index in [1.54, 1.807) is 0 Å². The molecule has 0 saturated carbocycles. The fraction of sp³-hybridized carbons (Fsp3) is 0.222. The summed E-state index contributed by atoms with van der Waals surface area (Å²) in [5.74, 6) is -3.93. The van der Waals surface area contributed by atoms with Gasteiger partial charge in [-0.25, -0.2) is 9.59 Å². The summed E-state index contributed by atoms with van der Waals surface area (Å²) in [5.41, 5.74) is 7.67. The SMILES string of the molecule is Nc1ccc(C(=O)OC(=O)C(F)(F)F)cc1CNCCc1ccccc1. The minimum Gasteiger partial charge on any atom is -0.398 e. The Bertz CT molecular complexity index is 777. The minimum atomic E-state index is -5.23. The van der Waals surface area contributed by atoms with Gasteiger partial charge in [-0.2, -0.15) is 13.2 Å². The number of anilines is 1. The third kappa shape index (κ3) is 5.59. The molecular formula is C18H17F3N2O3. The molecular weight excluding hydrogens is 349 g/mol. The third-order valence-electron chi connectivity index (χ3n) is 3.54. The molecule has 0 radical (unpaired) electrons. The highest BCUT2D eigenvalue weighted by Gasteiger charge is 2.42. The molecule has 0 aliphatic rings. The van der Waals surface area contributed by atoms with Crippen LogP contribution < -0.4 is 11.1 Å². The van der Waals surface area contributed by atoms with Crippen LogP contribution in [0.1, 0.15) is 21.5 Å². The van der Waals surface area contributed by atoms with Crippen molar-refractivity contribution in [3.63, 3.8) is 0 Å². The van der Waals surface area contributed by atoms with Crippen LogP contribution in [0.5, 0.6) is 0 Å². The molecule has 0 amide bonds. The van der Waals surface area contributed by atoms with Gasteiger partial charge in [0.15, 0.2) is 0 Å². The number of nitrogens with one attached hydrogen (secondary N) is 1. The van der Waals surface area contributed by atoms with E-state index in [-0.39, 0.29) is 5.56 Å². The first-order chi connectivity index (χ1) is 12.3. The number of hydrogen-bond acceptors (Lipinski definition) is 5. The van der Waals surface area contributed by atoms with E-state index >= 15 is 0 Å². The topological polar surface area (TPSA) is 81.4 Å². The highest BCUT2D eigenvalue weighted by atomic mass is 19.4. The zero-order valence-corrected chi connectivity index (χ0v) is 13.7. The lowest BCUT2D eigenvalue weighted by Gasteiger charge is -2.10. The zero-order chi connectivity index (χ0) is 19.2. The maximum absolute atomic E-state index is 12.2. The predicted octanol–water partition coefficient (Wildman–Crippen LogP) is 2.85. The molecule has 2 aromatic rings. The molecule has 0 fully saturated rings. The molecule has 26 heavy (non-hydrogen) atoms. The van der Waals surface area contributed by atoms with Crippen LogP contribution in [0.2, 0.25) is 0 Å². The Labute approximate surface area is 148 Å². The van der Waals surface area contributed by atoms with Gasteiger partial charge in [0.05, 0.1) is 5.56 Å². The van der Waals surface area contributed by atoms with E-state index in [1.807, 2.05) is 30.3 Å². The Morgan fingerprint density at radius 3 is 2.42 bits per heavy atom. The molecule has 2 rings (SSSR count). The van der Waals surface area contributed by atoms with Crippen molar-refractivity contribution in [1.82, 2.24) is 5.32 Å².